The van der Waals surface area contributed by atoms with Crippen LogP contribution in [0.2, 0.25) is 0 Å². The Balaban J connectivity index is 2.11. The highest BCUT2D eigenvalue weighted by Gasteiger charge is 2.24. The standard InChI is InChI=1S/C15H17BrN4/c1-2-12(10-17)19-6-8-20(9-7-19)15-5-3-4-14(16)13(15)11-18/h3-5,12H,2,6-9H2,1H3. The van der Waals surface area contributed by atoms with Gasteiger partial charge in [0.1, 0.15) is 6.07 Å². The van der Waals surface area contributed by atoms with Gasteiger partial charge in [0.2, 0.25) is 0 Å². The smallest absolute Gasteiger partial charge is 0.103 e. The third-order valence-corrected chi connectivity index (χ3v) is 4.40. The second-order valence-corrected chi connectivity index (χ2v) is 5.68. The van der Waals surface area contributed by atoms with Crippen LogP contribution in [0.5, 0.6) is 0 Å². The fourth-order valence-corrected chi connectivity index (χ4v) is 3.04. The fraction of sp³-hybridized carbons (Fsp3) is 0.467. The molecule has 1 saturated heterocycles. The maximum Gasteiger partial charge on any atom is 0.103 e. The van der Waals surface area contributed by atoms with Gasteiger partial charge < -0.3 is 4.90 Å². The van der Waals surface area contributed by atoms with E-state index < -0.39 is 0 Å². The van der Waals surface area contributed by atoms with Gasteiger partial charge in [0, 0.05) is 30.7 Å². The highest BCUT2D eigenvalue weighted by molar-refractivity contribution is 9.10. The van der Waals surface area contributed by atoms with Crippen LogP contribution in [0.15, 0.2) is 22.7 Å². The molecular formula is C15H17BrN4. The van der Waals surface area contributed by atoms with Gasteiger partial charge in [-0.1, -0.05) is 13.0 Å². The van der Waals surface area contributed by atoms with Gasteiger partial charge in [0.25, 0.3) is 0 Å². The highest BCUT2D eigenvalue weighted by Crippen LogP contribution is 2.28. The molecule has 0 radical (unpaired) electrons. The van der Waals surface area contributed by atoms with Crippen LogP contribution in [0.25, 0.3) is 0 Å². The van der Waals surface area contributed by atoms with E-state index in [1.54, 1.807) is 0 Å². The van der Waals surface area contributed by atoms with Crippen LogP contribution >= 0.6 is 15.9 Å². The molecule has 1 unspecified atom stereocenters. The summed E-state index contributed by atoms with van der Waals surface area (Å²) in [6, 6.07) is 10.5. The Bertz CT molecular complexity index is 550. The first kappa shape index (κ1) is 14.8. The normalized spacial score (nSPS) is 17.3. The molecule has 1 fully saturated rings. The molecule has 1 aliphatic rings. The van der Waals surface area contributed by atoms with Gasteiger partial charge in [0.05, 0.1) is 23.4 Å². The number of halogens is 1. The van der Waals surface area contributed by atoms with Crippen molar-refractivity contribution < 1.29 is 0 Å². The van der Waals surface area contributed by atoms with Crippen molar-refractivity contribution in [1.29, 1.82) is 10.5 Å². The minimum atomic E-state index is 0.00935. The second kappa shape index (κ2) is 6.74. The van der Waals surface area contributed by atoms with E-state index in [1.165, 1.54) is 0 Å². The number of hydrogen-bond donors (Lipinski definition) is 0. The SMILES string of the molecule is CCC(C#N)N1CCN(c2cccc(Br)c2C#N)CC1. The molecule has 1 heterocycles. The first-order valence-corrected chi connectivity index (χ1v) is 7.57. The van der Waals surface area contributed by atoms with E-state index in [0.29, 0.717) is 5.56 Å². The molecule has 1 aromatic rings. The molecule has 0 spiro atoms. The molecule has 1 aromatic carbocycles. The van der Waals surface area contributed by atoms with Crippen LogP contribution in [0, 0.1) is 22.7 Å². The number of rotatable bonds is 3. The molecule has 1 aliphatic heterocycles. The molecule has 0 amide bonds. The third kappa shape index (κ3) is 2.95. The van der Waals surface area contributed by atoms with Crippen LogP contribution in [0.4, 0.5) is 5.69 Å². The first-order chi connectivity index (χ1) is 9.71. The van der Waals surface area contributed by atoms with Crippen LogP contribution in [-0.2, 0) is 0 Å². The number of anilines is 1. The van der Waals surface area contributed by atoms with Gasteiger partial charge in [-0.2, -0.15) is 10.5 Å². The molecule has 0 aromatic heterocycles. The first-order valence-electron chi connectivity index (χ1n) is 6.78. The Labute approximate surface area is 128 Å². The lowest BCUT2D eigenvalue weighted by Crippen LogP contribution is -2.50. The van der Waals surface area contributed by atoms with Crippen molar-refractivity contribution in [2.75, 3.05) is 31.1 Å². The number of hydrogen-bond acceptors (Lipinski definition) is 4. The van der Waals surface area contributed by atoms with Gasteiger partial charge in [-0.3, -0.25) is 4.90 Å². The molecule has 2 rings (SSSR count). The predicted molar refractivity (Wildman–Crippen MR) is 82.3 cm³/mol. The number of piperazine rings is 1. The van der Waals surface area contributed by atoms with Gasteiger partial charge in [-0.05, 0) is 34.5 Å². The quantitative estimate of drug-likeness (QED) is 0.853. The van der Waals surface area contributed by atoms with Crippen LogP contribution in [0.1, 0.15) is 18.9 Å². The Kier molecular flexibility index (Phi) is 5.00. The van der Waals surface area contributed by atoms with Gasteiger partial charge in [-0.25, -0.2) is 0 Å². The Morgan fingerprint density at radius 2 is 1.95 bits per heavy atom. The van der Waals surface area contributed by atoms with Gasteiger partial charge >= 0.3 is 0 Å². The van der Waals surface area contributed by atoms with Gasteiger partial charge in [-0.15, -0.1) is 0 Å². The molecule has 0 N–H and O–H groups in total. The average molecular weight is 333 g/mol. The molecule has 0 saturated carbocycles. The van der Waals surface area contributed by atoms with E-state index in [-0.39, 0.29) is 6.04 Å². The highest BCUT2D eigenvalue weighted by atomic mass is 79.9. The zero-order valence-electron chi connectivity index (χ0n) is 11.5. The van der Waals surface area contributed by atoms with E-state index >= 15 is 0 Å². The molecule has 4 nitrogen and oxygen atoms in total. The lowest BCUT2D eigenvalue weighted by molar-refractivity contribution is 0.216. The summed E-state index contributed by atoms with van der Waals surface area (Å²) in [5, 5.41) is 18.4. The molecule has 5 heteroatoms. The van der Waals surface area contributed by atoms with Crippen molar-refractivity contribution in [3.05, 3.63) is 28.2 Å². The maximum atomic E-state index is 9.29. The van der Waals surface area contributed by atoms with E-state index in [2.05, 4.69) is 37.9 Å². The molecule has 0 bridgehead atoms. The summed E-state index contributed by atoms with van der Waals surface area (Å²) in [5.74, 6) is 0. The van der Waals surface area contributed by atoms with E-state index in [4.69, 9.17) is 5.26 Å². The number of nitrogens with zero attached hydrogens (tertiary/aromatic N) is 4. The Hall–Kier alpha value is -1.56. The summed E-state index contributed by atoms with van der Waals surface area (Å²) >= 11 is 3.43. The van der Waals surface area contributed by atoms with Crippen molar-refractivity contribution >= 4 is 21.6 Å². The lowest BCUT2D eigenvalue weighted by atomic mass is 10.1. The summed E-state index contributed by atoms with van der Waals surface area (Å²) in [6.45, 7) is 5.47. The summed E-state index contributed by atoms with van der Waals surface area (Å²) in [4.78, 5) is 4.45. The molecule has 104 valence electrons. The van der Waals surface area contributed by atoms with Crippen LogP contribution in [0.3, 0.4) is 0 Å². The summed E-state index contributed by atoms with van der Waals surface area (Å²) in [6.07, 6.45) is 0.858. The summed E-state index contributed by atoms with van der Waals surface area (Å²) < 4.78 is 0.836. The van der Waals surface area contributed by atoms with Crippen molar-refractivity contribution in [2.24, 2.45) is 0 Å². The largest absolute Gasteiger partial charge is 0.368 e. The number of nitriles is 2. The summed E-state index contributed by atoms with van der Waals surface area (Å²) in [7, 11) is 0. The fourth-order valence-electron chi connectivity index (χ4n) is 2.59. The Morgan fingerprint density at radius 1 is 1.25 bits per heavy atom. The second-order valence-electron chi connectivity index (χ2n) is 4.82. The van der Waals surface area contributed by atoms with Crippen LogP contribution < -0.4 is 4.90 Å². The maximum absolute atomic E-state index is 9.29. The molecule has 0 aliphatic carbocycles. The minimum Gasteiger partial charge on any atom is -0.368 e. The monoisotopic (exact) mass is 332 g/mol. The van der Waals surface area contributed by atoms with Crippen molar-refractivity contribution in [1.82, 2.24) is 4.90 Å². The van der Waals surface area contributed by atoms with Crippen LogP contribution in [-0.4, -0.2) is 37.1 Å². The zero-order valence-corrected chi connectivity index (χ0v) is 13.1. The van der Waals surface area contributed by atoms with E-state index in [1.807, 2.05) is 25.1 Å². The van der Waals surface area contributed by atoms with Crippen molar-refractivity contribution in [2.45, 2.75) is 19.4 Å². The van der Waals surface area contributed by atoms with Gasteiger partial charge in [0.15, 0.2) is 0 Å². The molecule has 20 heavy (non-hydrogen) atoms. The van der Waals surface area contributed by atoms with E-state index in [0.717, 1.165) is 42.8 Å². The number of benzene rings is 1. The Morgan fingerprint density at radius 3 is 2.50 bits per heavy atom. The van der Waals surface area contributed by atoms with E-state index in [9.17, 15) is 5.26 Å². The lowest BCUT2D eigenvalue weighted by Gasteiger charge is -2.38. The topological polar surface area (TPSA) is 54.1 Å². The third-order valence-electron chi connectivity index (χ3n) is 3.73. The molecular weight excluding hydrogens is 316 g/mol. The zero-order chi connectivity index (χ0) is 14.5. The summed E-state index contributed by atoms with van der Waals surface area (Å²) in [5.41, 5.74) is 1.67. The molecule has 1 atom stereocenters. The van der Waals surface area contributed by atoms with Crippen molar-refractivity contribution in [3.63, 3.8) is 0 Å². The average Bonchev–Trinajstić information content (AvgIpc) is 2.49. The predicted octanol–water partition coefficient (Wildman–Crippen LogP) is 2.74. The minimum absolute atomic E-state index is 0.00935. The van der Waals surface area contributed by atoms with Crippen molar-refractivity contribution in [3.8, 4) is 12.1 Å².